The molecular weight excluding hydrogens is 286 g/mol. The van der Waals surface area contributed by atoms with Crippen molar-refractivity contribution in [2.75, 3.05) is 0 Å². The zero-order valence-corrected chi connectivity index (χ0v) is 10.8. The molecule has 2 saturated carbocycles. The first-order valence-electron chi connectivity index (χ1n) is 6.72. The highest BCUT2D eigenvalue weighted by atomic mass is 19.4. The van der Waals surface area contributed by atoms with Crippen LogP contribution < -0.4 is 11.3 Å². The lowest BCUT2D eigenvalue weighted by Crippen LogP contribution is -2.54. The standard InChI is InChI=1S/C12H18F6N2/c13-11(14,15)10(12(16,17)18)9(20-19)5-8-4-6-1-2-7(8)3-6/h6-10,20H,1-5,19H2. The maximum Gasteiger partial charge on any atom is 0.402 e. The summed E-state index contributed by atoms with van der Waals surface area (Å²) < 4.78 is 76.2. The molecule has 2 aliphatic carbocycles. The van der Waals surface area contributed by atoms with Crippen LogP contribution in [0.3, 0.4) is 0 Å². The molecule has 2 nitrogen and oxygen atoms in total. The van der Waals surface area contributed by atoms with Gasteiger partial charge in [-0.2, -0.15) is 26.3 Å². The van der Waals surface area contributed by atoms with E-state index in [4.69, 9.17) is 5.84 Å². The van der Waals surface area contributed by atoms with Crippen LogP contribution in [0, 0.1) is 23.7 Å². The van der Waals surface area contributed by atoms with Gasteiger partial charge in [0, 0.05) is 6.04 Å². The first-order chi connectivity index (χ1) is 9.13. The minimum absolute atomic E-state index is 0.0815. The van der Waals surface area contributed by atoms with E-state index in [0.29, 0.717) is 5.92 Å². The van der Waals surface area contributed by atoms with Crippen molar-refractivity contribution in [3.05, 3.63) is 0 Å². The van der Waals surface area contributed by atoms with Crippen LogP contribution >= 0.6 is 0 Å². The van der Waals surface area contributed by atoms with Crippen LogP contribution in [0.1, 0.15) is 32.1 Å². The molecule has 8 heteroatoms. The molecule has 0 spiro atoms. The maximum absolute atomic E-state index is 12.7. The molecule has 3 N–H and O–H groups in total. The van der Waals surface area contributed by atoms with Crippen molar-refractivity contribution in [2.45, 2.75) is 50.5 Å². The quantitative estimate of drug-likeness (QED) is 0.475. The van der Waals surface area contributed by atoms with Crippen LogP contribution in [-0.2, 0) is 0 Å². The van der Waals surface area contributed by atoms with Gasteiger partial charge >= 0.3 is 12.4 Å². The fourth-order valence-electron chi connectivity index (χ4n) is 3.93. The number of hydrazine groups is 1. The van der Waals surface area contributed by atoms with Gasteiger partial charge in [0.1, 0.15) is 0 Å². The van der Waals surface area contributed by atoms with E-state index in [0.717, 1.165) is 25.7 Å². The van der Waals surface area contributed by atoms with Crippen LogP contribution in [0.25, 0.3) is 0 Å². The number of nitrogens with one attached hydrogen (secondary N) is 1. The normalized spacial score (nSPS) is 32.1. The summed E-state index contributed by atoms with van der Waals surface area (Å²) in [5, 5.41) is 0. The summed E-state index contributed by atoms with van der Waals surface area (Å²) in [7, 11) is 0. The fraction of sp³-hybridized carbons (Fsp3) is 1.00. The summed E-state index contributed by atoms with van der Waals surface area (Å²) >= 11 is 0. The predicted octanol–water partition coefficient (Wildman–Crippen LogP) is 3.39. The Kier molecular flexibility index (Phi) is 4.26. The van der Waals surface area contributed by atoms with Crippen molar-refractivity contribution in [2.24, 2.45) is 29.5 Å². The average molecular weight is 304 g/mol. The zero-order valence-electron chi connectivity index (χ0n) is 10.8. The molecule has 0 aromatic rings. The molecule has 20 heavy (non-hydrogen) atoms. The van der Waals surface area contributed by atoms with E-state index in [1.807, 2.05) is 0 Å². The molecule has 0 aromatic heterocycles. The van der Waals surface area contributed by atoms with E-state index in [1.165, 1.54) is 0 Å². The molecule has 4 atom stereocenters. The topological polar surface area (TPSA) is 38.0 Å². The van der Waals surface area contributed by atoms with Crippen molar-refractivity contribution < 1.29 is 26.3 Å². The van der Waals surface area contributed by atoms with Gasteiger partial charge in [-0.1, -0.05) is 6.42 Å². The van der Waals surface area contributed by atoms with Gasteiger partial charge in [0.2, 0.25) is 0 Å². The van der Waals surface area contributed by atoms with Crippen LogP contribution in [0.2, 0.25) is 0 Å². The van der Waals surface area contributed by atoms with Gasteiger partial charge in [-0.25, -0.2) is 0 Å². The SMILES string of the molecule is NNC(CC1CC2CCC1C2)C(C(F)(F)F)C(F)(F)F. The molecular formula is C12H18F6N2. The van der Waals surface area contributed by atoms with E-state index in [2.05, 4.69) is 0 Å². The first kappa shape index (κ1) is 15.9. The number of hydrogen-bond donors (Lipinski definition) is 2. The molecule has 2 fully saturated rings. The van der Waals surface area contributed by atoms with Gasteiger partial charge in [-0.15, -0.1) is 0 Å². The second kappa shape index (κ2) is 5.36. The number of alkyl halides is 6. The van der Waals surface area contributed by atoms with Gasteiger partial charge in [-0.3, -0.25) is 11.3 Å². The highest BCUT2D eigenvalue weighted by molar-refractivity contribution is 4.94. The summed E-state index contributed by atoms with van der Waals surface area (Å²) in [5.41, 5.74) is 1.76. The molecule has 0 heterocycles. The van der Waals surface area contributed by atoms with E-state index in [1.54, 1.807) is 5.43 Å². The van der Waals surface area contributed by atoms with Crippen molar-refractivity contribution in [1.29, 1.82) is 0 Å². The lowest BCUT2D eigenvalue weighted by atomic mass is 9.81. The fourth-order valence-corrected chi connectivity index (χ4v) is 3.93. The molecule has 2 rings (SSSR count). The van der Waals surface area contributed by atoms with Gasteiger partial charge in [0.15, 0.2) is 5.92 Å². The third kappa shape index (κ3) is 3.21. The Hall–Kier alpha value is -0.500. The van der Waals surface area contributed by atoms with Crippen LogP contribution in [-0.4, -0.2) is 18.4 Å². The molecule has 2 aliphatic rings. The van der Waals surface area contributed by atoms with Crippen LogP contribution in [0.4, 0.5) is 26.3 Å². The number of nitrogens with two attached hydrogens (primary N) is 1. The minimum atomic E-state index is -5.34. The Balaban J connectivity index is 2.09. The van der Waals surface area contributed by atoms with Crippen molar-refractivity contribution in [3.8, 4) is 0 Å². The molecule has 0 aromatic carbocycles. The summed E-state index contributed by atoms with van der Waals surface area (Å²) in [6.45, 7) is 0. The third-order valence-electron chi connectivity index (χ3n) is 4.76. The highest BCUT2D eigenvalue weighted by Crippen LogP contribution is 2.51. The van der Waals surface area contributed by atoms with Gasteiger partial charge in [0.25, 0.3) is 0 Å². The molecule has 0 aliphatic heterocycles. The monoisotopic (exact) mass is 304 g/mol. The van der Waals surface area contributed by atoms with Crippen LogP contribution in [0.5, 0.6) is 0 Å². The number of hydrogen-bond acceptors (Lipinski definition) is 2. The Labute approximate surface area is 113 Å². The van der Waals surface area contributed by atoms with E-state index in [9.17, 15) is 26.3 Å². The Morgan fingerprint density at radius 2 is 1.60 bits per heavy atom. The number of rotatable bonds is 4. The Bertz CT molecular complexity index is 326. The predicted molar refractivity (Wildman–Crippen MR) is 60.3 cm³/mol. The Morgan fingerprint density at radius 1 is 1.00 bits per heavy atom. The van der Waals surface area contributed by atoms with Crippen molar-refractivity contribution >= 4 is 0 Å². The molecule has 4 unspecified atom stereocenters. The smallest absolute Gasteiger partial charge is 0.271 e. The molecule has 118 valence electrons. The zero-order chi connectivity index (χ0) is 15.1. The molecule has 0 amide bonds. The van der Waals surface area contributed by atoms with E-state index < -0.39 is 24.3 Å². The minimum Gasteiger partial charge on any atom is -0.271 e. The molecule has 2 bridgehead atoms. The number of halogens is 6. The molecule has 0 saturated heterocycles. The third-order valence-corrected chi connectivity index (χ3v) is 4.76. The highest BCUT2D eigenvalue weighted by Gasteiger charge is 2.60. The second-order valence-electron chi connectivity index (χ2n) is 6.00. The van der Waals surface area contributed by atoms with Gasteiger partial charge < -0.3 is 0 Å². The summed E-state index contributed by atoms with van der Waals surface area (Å²) in [6, 6.07) is -1.81. The van der Waals surface area contributed by atoms with Crippen molar-refractivity contribution in [1.82, 2.24) is 5.43 Å². The largest absolute Gasteiger partial charge is 0.402 e. The number of fused-ring (bicyclic) bond motifs is 2. The average Bonchev–Trinajstić information content (AvgIpc) is 2.85. The summed E-state index contributed by atoms with van der Waals surface area (Å²) in [4.78, 5) is 0. The summed E-state index contributed by atoms with van der Waals surface area (Å²) in [6.07, 6.45) is -7.23. The van der Waals surface area contributed by atoms with Crippen LogP contribution in [0.15, 0.2) is 0 Å². The summed E-state index contributed by atoms with van der Waals surface area (Å²) in [5.74, 6) is 2.24. The second-order valence-corrected chi connectivity index (χ2v) is 6.00. The van der Waals surface area contributed by atoms with Crippen molar-refractivity contribution in [3.63, 3.8) is 0 Å². The lowest BCUT2D eigenvalue weighted by Gasteiger charge is -2.33. The van der Waals surface area contributed by atoms with E-state index in [-0.39, 0.29) is 18.3 Å². The van der Waals surface area contributed by atoms with E-state index >= 15 is 0 Å². The lowest BCUT2D eigenvalue weighted by molar-refractivity contribution is -0.293. The first-order valence-corrected chi connectivity index (χ1v) is 6.72. The molecule has 0 radical (unpaired) electrons. The van der Waals surface area contributed by atoms with Gasteiger partial charge in [0.05, 0.1) is 0 Å². The maximum atomic E-state index is 12.7. The Morgan fingerprint density at radius 3 is 1.95 bits per heavy atom. The van der Waals surface area contributed by atoms with Gasteiger partial charge in [-0.05, 0) is 43.4 Å².